The second-order valence-electron chi connectivity index (χ2n) is 12.2. The first kappa shape index (κ1) is 40.2. The number of nitrogens with two attached hydrogens (primary N) is 3. The van der Waals surface area contributed by atoms with E-state index < -0.39 is 5.91 Å². The lowest BCUT2D eigenvalue weighted by Crippen LogP contribution is -2.33. The molecule has 0 saturated heterocycles. The summed E-state index contributed by atoms with van der Waals surface area (Å²) < 4.78 is 0. The van der Waals surface area contributed by atoms with E-state index in [2.05, 4.69) is 12.2 Å². The van der Waals surface area contributed by atoms with Gasteiger partial charge >= 0.3 is 0 Å². The molecule has 0 aromatic carbocycles. The van der Waals surface area contributed by atoms with E-state index >= 15 is 0 Å². The lowest BCUT2D eigenvalue weighted by atomic mass is 9.93. The molecule has 8 nitrogen and oxygen atoms in total. The third-order valence-electron chi connectivity index (χ3n) is 8.23. The molecule has 2 amide bonds. The van der Waals surface area contributed by atoms with Crippen molar-refractivity contribution in [3.05, 3.63) is 0 Å². The fourth-order valence-corrected chi connectivity index (χ4v) is 5.46. The zero-order valence-corrected chi connectivity index (χ0v) is 27.1. The van der Waals surface area contributed by atoms with E-state index in [0.717, 1.165) is 70.6 Å². The molecule has 2 atom stereocenters. The molecule has 0 aliphatic heterocycles. The standard InChI is InChI=1S/C34H66N4O4/c1-2-3-4-5-6-7-8-10-13-23-32(40)28-30(21-16-18-25-36)34(42)38-26-19-12-9-11-14-22-31(39)27-29(33(37)41)20-15-17-24-35/h29-30H,2-28,35-36H2,1H3,(H2,37,41)(H,38,42). The summed E-state index contributed by atoms with van der Waals surface area (Å²) in [5, 5.41) is 3.05. The van der Waals surface area contributed by atoms with Crippen molar-refractivity contribution in [2.45, 2.75) is 161 Å². The largest absolute Gasteiger partial charge is 0.369 e. The molecule has 0 radical (unpaired) electrons. The summed E-state index contributed by atoms with van der Waals surface area (Å²) in [5.41, 5.74) is 16.6. The van der Waals surface area contributed by atoms with E-state index in [-0.39, 0.29) is 35.7 Å². The first-order chi connectivity index (χ1) is 20.3. The Labute approximate surface area is 257 Å². The number of nitrogens with one attached hydrogen (secondary N) is 1. The molecular weight excluding hydrogens is 528 g/mol. The van der Waals surface area contributed by atoms with Crippen LogP contribution in [0.15, 0.2) is 0 Å². The normalized spacial score (nSPS) is 12.6. The number of amides is 2. The van der Waals surface area contributed by atoms with E-state index in [1.54, 1.807) is 0 Å². The average Bonchev–Trinajstić information content (AvgIpc) is 2.96. The maximum absolute atomic E-state index is 12.9. The second kappa shape index (κ2) is 29.3. The van der Waals surface area contributed by atoms with Gasteiger partial charge in [0, 0.05) is 44.1 Å². The molecule has 0 saturated carbocycles. The fraction of sp³-hybridized carbons (Fsp3) is 0.882. The second-order valence-corrected chi connectivity index (χ2v) is 12.2. The fourth-order valence-electron chi connectivity index (χ4n) is 5.46. The van der Waals surface area contributed by atoms with E-state index in [4.69, 9.17) is 17.2 Å². The van der Waals surface area contributed by atoms with Gasteiger partial charge in [-0.15, -0.1) is 0 Å². The number of unbranched alkanes of at least 4 members (excludes halogenated alkanes) is 14. The van der Waals surface area contributed by atoms with Crippen LogP contribution in [0.25, 0.3) is 0 Å². The van der Waals surface area contributed by atoms with Gasteiger partial charge in [0.25, 0.3) is 0 Å². The van der Waals surface area contributed by atoms with Crippen LogP contribution in [0.2, 0.25) is 0 Å². The Hall–Kier alpha value is -1.80. The smallest absolute Gasteiger partial charge is 0.223 e. The molecule has 0 spiro atoms. The van der Waals surface area contributed by atoms with Crippen molar-refractivity contribution in [3.63, 3.8) is 0 Å². The zero-order valence-electron chi connectivity index (χ0n) is 27.1. The Morgan fingerprint density at radius 1 is 0.548 bits per heavy atom. The van der Waals surface area contributed by atoms with Gasteiger partial charge in [0.15, 0.2) is 0 Å². The molecule has 7 N–H and O–H groups in total. The Balaban J connectivity index is 4.12. The molecule has 0 aromatic heterocycles. The van der Waals surface area contributed by atoms with Gasteiger partial charge in [-0.1, -0.05) is 90.4 Å². The van der Waals surface area contributed by atoms with Crippen molar-refractivity contribution >= 4 is 23.4 Å². The summed E-state index contributed by atoms with van der Waals surface area (Å²) in [5.74, 6) is -0.726. The quantitative estimate of drug-likeness (QED) is 0.0673. The molecule has 0 aromatic rings. The zero-order chi connectivity index (χ0) is 31.3. The molecule has 0 aliphatic rings. The van der Waals surface area contributed by atoms with Crippen molar-refractivity contribution < 1.29 is 19.2 Å². The van der Waals surface area contributed by atoms with Gasteiger partial charge in [0.05, 0.1) is 0 Å². The molecule has 246 valence electrons. The summed E-state index contributed by atoms with van der Waals surface area (Å²) in [6.45, 7) is 4.03. The molecule has 0 aliphatic carbocycles. The predicted octanol–water partition coefficient (Wildman–Crippen LogP) is 6.26. The van der Waals surface area contributed by atoms with Crippen LogP contribution in [0.3, 0.4) is 0 Å². The van der Waals surface area contributed by atoms with E-state index in [1.807, 2.05) is 0 Å². The van der Waals surface area contributed by atoms with Crippen LogP contribution in [0.1, 0.15) is 161 Å². The minimum atomic E-state index is -0.396. The Morgan fingerprint density at radius 2 is 0.976 bits per heavy atom. The number of primary amides is 1. The van der Waals surface area contributed by atoms with Crippen molar-refractivity contribution in [2.75, 3.05) is 19.6 Å². The number of Topliss-reactive ketones (excluding diaryl/α,β-unsaturated/α-hetero) is 2. The van der Waals surface area contributed by atoms with Crippen molar-refractivity contribution in [1.29, 1.82) is 0 Å². The van der Waals surface area contributed by atoms with Gasteiger partial charge in [-0.05, 0) is 58.0 Å². The van der Waals surface area contributed by atoms with E-state index in [1.165, 1.54) is 44.9 Å². The van der Waals surface area contributed by atoms with Gasteiger partial charge in [0.1, 0.15) is 11.6 Å². The topological polar surface area (TPSA) is 158 Å². The van der Waals surface area contributed by atoms with Crippen LogP contribution in [0, 0.1) is 11.8 Å². The maximum atomic E-state index is 12.9. The Kier molecular flexibility index (Phi) is 28.0. The van der Waals surface area contributed by atoms with Crippen molar-refractivity contribution in [2.24, 2.45) is 29.0 Å². The summed E-state index contributed by atoms with van der Waals surface area (Å²) in [7, 11) is 0. The Bertz CT molecular complexity index is 701. The lowest BCUT2D eigenvalue weighted by Gasteiger charge is -2.16. The molecule has 42 heavy (non-hydrogen) atoms. The molecule has 8 heteroatoms. The molecule has 0 fully saturated rings. The summed E-state index contributed by atoms with van der Waals surface area (Å²) in [6.07, 6.45) is 22.0. The monoisotopic (exact) mass is 595 g/mol. The molecule has 0 rings (SSSR count). The molecule has 0 bridgehead atoms. The maximum Gasteiger partial charge on any atom is 0.223 e. The van der Waals surface area contributed by atoms with Gasteiger partial charge in [0.2, 0.25) is 11.8 Å². The van der Waals surface area contributed by atoms with Crippen LogP contribution in [0.4, 0.5) is 0 Å². The summed E-state index contributed by atoms with van der Waals surface area (Å²) in [6, 6.07) is 0. The number of carbonyl (C=O) groups is 4. The van der Waals surface area contributed by atoms with Crippen LogP contribution in [0.5, 0.6) is 0 Å². The first-order valence-electron chi connectivity index (χ1n) is 17.4. The van der Waals surface area contributed by atoms with Crippen molar-refractivity contribution in [1.82, 2.24) is 5.32 Å². The highest BCUT2D eigenvalue weighted by Crippen LogP contribution is 2.18. The van der Waals surface area contributed by atoms with Crippen LogP contribution < -0.4 is 22.5 Å². The number of hydrogen-bond acceptors (Lipinski definition) is 6. The van der Waals surface area contributed by atoms with Gasteiger partial charge < -0.3 is 22.5 Å². The minimum absolute atomic E-state index is 0.00600. The van der Waals surface area contributed by atoms with Crippen LogP contribution >= 0.6 is 0 Å². The molecule has 2 unspecified atom stereocenters. The third kappa shape index (κ3) is 24.8. The van der Waals surface area contributed by atoms with Gasteiger partial charge in [-0.25, -0.2) is 0 Å². The predicted molar refractivity (Wildman–Crippen MR) is 174 cm³/mol. The Morgan fingerprint density at radius 3 is 1.45 bits per heavy atom. The number of carbonyl (C=O) groups excluding carboxylic acids is 4. The van der Waals surface area contributed by atoms with Gasteiger partial charge in [-0.3, -0.25) is 19.2 Å². The number of rotatable bonds is 32. The number of ketones is 2. The highest BCUT2D eigenvalue weighted by molar-refractivity contribution is 5.87. The van der Waals surface area contributed by atoms with Crippen LogP contribution in [-0.2, 0) is 19.2 Å². The minimum Gasteiger partial charge on any atom is -0.369 e. The molecular formula is C34H66N4O4. The number of hydrogen-bond donors (Lipinski definition) is 4. The van der Waals surface area contributed by atoms with E-state index in [0.29, 0.717) is 51.7 Å². The van der Waals surface area contributed by atoms with Crippen LogP contribution in [-0.4, -0.2) is 43.0 Å². The van der Waals surface area contributed by atoms with Gasteiger partial charge in [-0.2, -0.15) is 0 Å². The lowest BCUT2D eigenvalue weighted by molar-refractivity contribution is -0.129. The van der Waals surface area contributed by atoms with Crippen molar-refractivity contribution in [3.8, 4) is 0 Å². The summed E-state index contributed by atoms with van der Waals surface area (Å²) in [4.78, 5) is 49.3. The SMILES string of the molecule is CCCCCCCCCCCC(=O)CC(CCCCN)C(=O)NCCCCCCCC(=O)CC(CCCCN)C(N)=O. The highest BCUT2D eigenvalue weighted by Gasteiger charge is 2.21. The third-order valence-corrected chi connectivity index (χ3v) is 8.23. The summed E-state index contributed by atoms with van der Waals surface area (Å²) >= 11 is 0. The first-order valence-corrected chi connectivity index (χ1v) is 17.4. The van der Waals surface area contributed by atoms with E-state index in [9.17, 15) is 19.2 Å². The molecule has 0 heterocycles. The average molecular weight is 595 g/mol. The highest BCUT2D eigenvalue weighted by atomic mass is 16.2.